The van der Waals surface area contributed by atoms with Crippen molar-refractivity contribution in [3.8, 4) is 11.8 Å². The number of H-pyrrole nitrogens is 1. The first-order valence-electron chi connectivity index (χ1n) is 8.66. The summed E-state index contributed by atoms with van der Waals surface area (Å²) in [5, 5.41) is 9.58. The first-order valence-corrected chi connectivity index (χ1v) is 9.74. The highest BCUT2D eigenvalue weighted by Gasteiger charge is 2.10. The Morgan fingerprint density at radius 3 is 2.86 bits per heavy atom. The SMILES string of the molecule is CCOC(=O)COc1ccc(C=C(C#N)c2nc3ccc(C)cc3[nH]2)cc1I. The average molecular weight is 487 g/mol. The van der Waals surface area contributed by atoms with Gasteiger partial charge in [0.15, 0.2) is 6.61 Å². The maximum absolute atomic E-state index is 11.4. The lowest BCUT2D eigenvalue weighted by Crippen LogP contribution is -2.14. The van der Waals surface area contributed by atoms with Gasteiger partial charge >= 0.3 is 5.97 Å². The van der Waals surface area contributed by atoms with E-state index in [-0.39, 0.29) is 6.61 Å². The molecular formula is C21H18IN3O3. The molecule has 0 aliphatic rings. The molecule has 0 atom stereocenters. The van der Waals surface area contributed by atoms with Gasteiger partial charge in [-0.05, 0) is 77.9 Å². The molecule has 7 heteroatoms. The number of nitriles is 1. The van der Waals surface area contributed by atoms with Crippen molar-refractivity contribution in [2.75, 3.05) is 13.2 Å². The normalized spacial score (nSPS) is 11.3. The number of aryl methyl sites for hydroxylation is 1. The molecule has 0 amide bonds. The Hall–Kier alpha value is -2.86. The summed E-state index contributed by atoms with van der Waals surface area (Å²) in [6.07, 6.45) is 1.77. The van der Waals surface area contributed by atoms with Gasteiger partial charge in [0.1, 0.15) is 17.6 Å². The lowest BCUT2D eigenvalue weighted by Gasteiger charge is -2.08. The van der Waals surface area contributed by atoms with Crippen LogP contribution in [0.25, 0.3) is 22.7 Å². The van der Waals surface area contributed by atoms with Crippen molar-refractivity contribution in [2.45, 2.75) is 13.8 Å². The molecule has 0 aliphatic carbocycles. The molecule has 0 spiro atoms. The van der Waals surface area contributed by atoms with E-state index in [1.807, 2.05) is 37.3 Å². The number of carbonyl (C=O) groups excluding carboxylic acids is 1. The Balaban J connectivity index is 1.83. The zero-order valence-corrected chi connectivity index (χ0v) is 17.6. The van der Waals surface area contributed by atoms with E-state index in [2.05, 4.69) is 38.6 Å². The summed E-state index contributed by atoms with van der Waals surface area (Å²) >= 11 is 2.13. The molecule has 0 bridgehead atoms. The molecular weight excluding hydrogens is 469 g/mol. The van der Waals surface area contributed by atoms with E-state index in [4.69, 9.17) is 9.47 Å². The summed E-state index contributed by atoms with van der Waals surface area (Å²) in [5.74, 6) is 0.707. The Bertz CT molecular complexity index is 1100. The van der Waals surface area contributed by atoms with Crippen LogP contribution in [-0.2, 0) is 9.53 Å². The third kappa shape index (κ3) is 4.70. The number of hydrogen-bond acceptors (Lipinski definition) is 5. The lowest BCUT2D eigenvalue weighted by atomic mass is 10.1. The van der Waals surface area contributed by atoms with Gasteiger partial charge in [-0.25, -0.2) is 9.78 Å². The summed E-state index contributed by atoms with van der Waals surface area (Å²) in [7, 11) is 0. The fourth-order valence-corrected chi connectivity index (χ4v) is 3.33. The van der Waals surface area contributed by atoms with E-state index in [1.54, 1.807) is 19.1 Å². The van der Waals surface area contributed by atoms with E-state index in [0.717, 1.165) is 25.7 Å². The molecule has 2 aromatic carbocycles. The molecule has 0 saturated heterocycles. The zero-order chi connectivity index (χ0) is 20.1. The number of fused-ring (bicyclic) bond motifs is 1. The predicted octanol–water partition coefficient (Wildman–Crippen LogP) is 4.48. The van der Waals surface area contributed by atoms with Crippen molar-refractivity contribution < 1.29 is 14.3 Å². The Morgan fingerprint density at radius 2 is 2.14 bits per heavy atom. The van der Waals surface area contributed by atoms with Gasteiger partial charge in [-0.15, -0.1) is 0 Å². The number of rotatable bonds is 6. The summed E-state index contributed by atoms with van der Waals surface area (Å²) in [6.45, 7) is 3.94. The molecule has 1 N–H and O–H groups in total. The first kappa shape index (κ1) is 19.9. The van der Waals surface area contributed by atoms with Crippen LogP contribution in [0.15, 0.2) is 36.4 Å². The van der Waals surface area contributed by atoms with Gasteiger partial charge in [-0.3, -0.25) is 0 Å². The van der Waals surface area contributed by atoms with Crippen molar-refractivity contribution in [3.63, 3.8) is 0 Å². The number of benzene rings is 2. The van der Waals surface area contributed by atoms with Crippen LogP contribution < -0.4 is 4.74 Å². The van der Waals surface area contributed by atoms with E-state index >= 15 is 0 Å². The molecule has 0 aliphatic heterocycles. The van der Waals surface area contributed by atoms with Crippen LogP contribution in [0, 0.1) is 21.8 Å². The quantitative estimate of drug-likeness (QED) is 0.315. The number of aromatic nitrogens is 2. The summed E-state index contributed by atoms with van der Waals surface area (Å²) in [6, 6.07) is 13.6. The molecule has 28 heavy (non-hydrogen) atoms. The van der Waals surface area contributed by atoms with Crippen LogP contribution in [0.3, 0.4) is 0 Å². The van der Waals surface area contributed by atoms with Gasteiger partial charge < -0.3 is 14.5 Å². The number of esters is 1. The van der Waals surface area contributed by atoms with Crippen molar-refractivity contribution in [3.05, 3.63) is 56.9 Å². The van der Waals surface area contributed by atoms with Crippen molar-refractivity contribution >= 4 is 51.2 Å². The minimum atomic E-state index is -0.408. The molecule has 0 unspecified atom stereocenters. The average Bonchev–Trinajstić information content (AvgIpc) is 3.08. The molecule has 0 fully saturated rings. The highest BCUT2D eigenvalue weighted by atomic mass is 127. The fraction of sp³-hybridized carbons (Fsp3) is 0.190. The van der Waals surface area contributed by atoms with Crippen LogP contribution in [0.1, 0.15) is 23.9 Å². The molecule has 1 heterocycles. The standard InChI is InChI=1S/C21H18IN3O3/c1-3-27-20(26)12-28-19-7-5-14(10-16(19)22)9-15(11-23)21-24-17-6-4-13(2)8-18(17)25-21/h4-10H,3,12H2,1-2H3,(H,24,25). The highest BCUT2D eigenvalue weighted by molar-refractivity contribution is 14.1. The summed E-state index contributed by atoms with van der Waals surface area (Å²) < 4.78 is 11.2. The maximum Gasteiger partial charge on any atom is 0.344 e. The number of imidazole rings is 1. The molecule has 0 radical (unpaired) electrons. The molecule has 6 nitrogen and oxygen atoms in total. The van der Waals surface area contributed by atoms with E-state index in [9.17, 15) is 10.1 Å². The third-order valence-electron chi connectivity index (χ3n) is 3.93. The van der Waals surface area contributed by atoms with Gasteiger partial charge in [-0.2, -0.15) is 5.26 Å². The number of ether oxygens (including phenoxy) is 2. The second-order valence-electron chi connectivity index (χ2n) is 6.06. The predicted molar refractivity (Wildman–Crippen MR) is 116 cm³/mol. The smallest absolute Gasteiger partial charge is 0.344 e. The second kappa shape index (κ2) is 8.89. The monoisotopic (exact) mass is 487 g/mol. The molecule has 0 saturated carbocycles. The largest absolute Gasteiger partial charge is 0.481 e. The van der Waals surface area contributed by atoms with Crippen LogP contribution in [0.4, 0.5) is 0 Å². The number of halogens is 1. The number of nitrogens with zero attached hydrogens (tertiary/aromatic N) is 2. The lowest BCUT2D eigenvalue weighted by molar-refractivity contribution is -0.145. The number of hydrogen-bond donors (Lipinski definition) is 1. The first-order chi connectivity index (χ1) is 13.5. The molecule has 3 rings (SSSR count). The van der Waals surface area contributed by atoms with Crippen LogP contribution in [0.2, 0.25) is 0 Å². The Morgan fingerprint density at radius 1 is 1.32 bits per heavy atom. The fourth-order valence-electron chi connectivity index (χ4n) is 2.63. The highest BCUT2D eigenvalue weighted by Crippen LogP contribution is 2.25. The number of allylic oxidation sites excluding steroid dienone is 1. The van der Waals surface area contributed by atoms with Gasteiger partial charge in [-0.1, -0.05) is 12.1 Å². The number of nitrogens with one attached hydrogen (secondary N) is 1. The summed E-state index contributed by atoms with van der Waals surface area (Å²) in [4.78, 5) is 19.1. The third-order valence-corrected chi connectivity index (χ3v) is 4.77. The van der Waals surface area contributed by atoms with Crippen LogP contribution >= 0.6 is 22.6 Å². The second-order valence-corrected chi connectivity index (χ2v) is 7.22. The van der Waals surface area contributed by atoms with Gasteiger partial charge in [0.25, 0.3) is 0 Å². The van der Waals surface area contributed by atoms with Crippen LogP contribution in [0.5, 0.6) is 5.75 Å². The van der Waals surface area contributed by atoms with Crippen molar-refractivity contribution in [2.24, 2.45) is 0 Å². The number of aromatic amines is 1. The molecule has 1 aromatic heterocycles. The van der Waals surface area contributed by atoms with E-state index in [0.29, 0.717) is 23.8 Å². The minimum Gasteiger partial charge on any atom is -0.481 e. The number of carbonyl (C=O) groups is 1. The topological polar surface area (TPSA) is 88.0 Å². The maximum atomic E-state index is 11.4. The molecule has 3 aromatic rings. The Labute approximate surface area is 176 Å². The van der Waals surface area contributed by atoms with Gasteiger partial charge in [0.05, 0.1) is 26.8 Å². The van der Waals surface area contributed by atoms with Gasteiger partial charge in [0, 0.05) is 0 Å². The summed E-state index contributed by atoms with van der Waals surface area (Å²) in [5.41, 5.74) is 4.11. The van der Waals surface area contributed by atoms with E-state index < -0.39 is 5.97 Å². The van der Waals surface area contributed by atoms with Crippen molar-refractivity contribution in [1.82, 2.24) is 9.97 Å². The molecule has 142 valence electrons. The van der Waals surface area contributed by atoms with Gasteiger partial charge in [0.2, 0.25) is 0 Å². The van der Waals surface area contributed by atoms with Crippen LogP contribution in [-0.4, -0.2) is 29.2 Å². The van der Waals surface area contributed by atoms with E-state index in [1.165, 1.54) is 0 Å². The van der Waals surface area contributed by atoms with Crippen molar-refractivity contribution in [1.29, 1.82) is 5.26 Å². The Kier molecular flexibility index (Phi) is 6.31. The minimum absolute atomic E-state index is 0.138. The zero-order valence-electron chi connectivity index (χ0n) is 15.5.